The highest BCUT2D eigenvalue weighted by molar-refractivity contribution is 5.92. The molecule has 21 heavy (non-hydrogen) atoms. The monoisotopic (exact) mass is 286 g/mol. The first-order valence-corrected chi connectivity index (χ1v) is 6.01. The minimum atomic E-state index is -1.16. The van der Waals surface area contributed by atoms with Crippen molar-refractivity contribution in [2.45, 2.75) is 13.5 Å². The minimum absolute atomic E-state index is 0.130. The van der Waals surface area contributed by atoms with Gasteiger partial charge in [0.25, 0.3) is 0 Å². The summed E-state index contributed by atoms with van der Waals surface area (Å²) in [7, 11) is 0. The summed E-state index contributed by atoms with van der Waals surface area (Å²) in [6, 6.07) is 3.43. The second-order valence-electron chi connectivity index (χ2n) is 4.21. The van der Waals surface area contributed by atoms with Crippen LogP contribution in [0.15, 0.2) is 28.9 Å². The molecular weight excluding hydrogens is 276 g/mol. The van der Waals surface area contributed by atoms with Gasteiger partial charge in [-0.25, -0.2) is 9.48 Å². The summed E-state index contributed by atoms with van der Waals surface area (Å²) >= 11 is 0. The summed E-state index contributed by atoms with van der Waals surface area (Å²) in [6.07, 6.45) is 3.14. The maximum Gasteiger partial charge on any atom is 0.358 e. The summed E-state index contributed by atoms with van der Waals surface area (Å²) in [6.45, 7) is 1.80. The van der Waals surface area contributed by atoms with E-state index in [-0.39, 0.29) is 12.2 Å². The van der Waals surface area contributed by atoms with Gasteiger partial charge in [-0.2, -0.15) is 0 Å². The van der Waals surface area contributed by atoms with Crippen LogP contribution in [-0.2, 0) is 6.54 Å². The van der Waals surface area contributed by atoms with Crippen LogP contribution >= 0.6 is 0 Å². The van der Waals surface area contributed by atoms with Crippen molar-refractivity contribution in [3.63, 3.8) is 0 Å². The smallest absolute Gasteiger partial charge is 0.358 e. The van der Waals surface area contributed by atoms with Gasteiger partial charge in [0.05, 0.1) is 0 Å². The lowest BCUT2D eigenvalue weighted by Gasteiger charge is -2.04. The van der Waals surface area contributed by atoms with Crippen LogP contribution in [0.2, 0.25) is 0 Å². The van der Waals surface area contributed by atoms with Crippen LogP contribution in [-0.4, -0.2) is 41.3 Å². The minimum Gasteiger partial charge on any atom is -0.476 e. The Kier molecular flexibility index (Phi) is 3.14. The topological polar surface area (TPSA) is 120 Å². The predicted octanol–water partition coefficient (Wildman–Crippen LogP) is 0.778. The van der Waals surface area contributed by atoms with Crippen molar-refractivity contribution in [1.29, 1.82) is 0 Å². The summed E-state index contributed by atoms with van der Waals surface area (Å²) in [5.74, 6) is -0.423. The molecule has 0 saturated heterocycles. The maximum absolute atomic E-state index is 11.3. The fourth-order valence-corrected chi connectivity index (χ4v) is 1.89. The van der Waals surface area contributed by atoms with E-state index in [0.29, 0.717) is 23.0 Å². The van der Waals surface area contributed by atoms with Crippen LogP contribution in [0.4, 0.5) is 0 Å². The van der Waals surface area contributed by atoms with E-state index in [9.17, 15) is 9.90 Å². The first-order chi connectivity index (χ1) is 10.1. The van der Waals surface area contributed by atoms with Crippen molar-refractivity contribution in [2.24, 2.45) is 0 Å². The van der Waals surface area contributed by atoms with Gasteiger partial charge in [0.1, 0.15) is 12.2 Å². The van der Waals surface area contributed by atoms with Gasteiger partial charge in [0.2, 0.25) is 11.8 Å². The Morgan fingerprint density at radius 2 is 2.24 bits per heavy atom. The zero-order chi connectivity index (χ0) is 14.8. The fraction of sp³-hybridized carbons (Fsp3) is 0.167. The summed E-state index contributed by atoms with van der Waals surface area (Å²) in [5, 5.41) is 24.3. The van der Waals surface area contributed by atoms with Crippen LogP contribution in [0.3, 0.4) is 0 Å². The van der Waals surface area contributed by atoms with Gasteiger partial charge >= 0.3 is 5.97 Å². The van der Waals surface area contributed by atoms with Gasteiger partial charge in [-0.3, -0.25) is 4.98 Å². The van der Waals surface area contributed by atoms with Crippen LogP contribution in [0.5, 0.6) is 0 Å². The lowest BCUT2D eigenvalue weighted by molar-refractivity contribution is 0.0691. The van der Waals surface area contributed by atoms with E-state index in [1.54, 1.807) is 31.5 Å². The number of carboxylic acid groups (broad SMARTS) is 1. The summed E-state index contributed by atoms with van der Waals surface area (Å²) in [5.41, 5.74) is 0.779. The average molecular weight is 286 g/mol. The Bertz CT molecular complexity index is 779. The molecule has 0 spiro atoms. The van der Waals surface area contributed by atoms with Crippen LogP contribution in [0.1, 0.15) is 22.3 Å². The number of hydrogen-bond acceptors (Lipinski definition) is 7. The molecule has 0 atom stereocenters. The zero-order valence-corrected chi connectivity index (χ0v) is 11.0. The number of aromatic nitrogens is 6. The van der Waals surface area contributed by atoms with Crippen molar-refractivity contribution in [1.82, 2.24) is 30.2 Å². The third kappa shape index (κ3) is 2.48. The number of carbonyl (C=O) groups is 1. The first kappa shape index (κ1) is 12.9. The molecule has 0 unspecified atom stereocenters. The van der Waals surface area contributed by atoms with E-state index in [2.05, 4.69) is 25.5 Å². The molecule has 0 aliphatic carbocycles. The van der Waals surface area contributed by atoms with E-state index in [1.807, 2.05) is 0 Å². The average Bonchev–Trinajstić information content (AvgIpc) is 3.07. The highest BCUT2D eigenvalue weighted by atomic mass is 16.4. The van der Waals surface area contributed by atoms with E-state index >= 15 is 0 Å². The Morgan fingerprint density at radius 3 is 2.86 bits per heavy atom. The van der Waals surface area contributed by atoms with Crippen LogP contribution in [0.25, 0.3) is 11.3 Å². The summed E-state index contributed by atoms with van der Waals surface area (Å²) < 4.78 is 6.67. The van der Waals surface area contributed by atoms with Gasteiger partial charge in [0.15, 0.2) is 5.69 Å². The molecule has 0 radical (unpaired) electrons. The molecule has 9 nitrogen and oxygen atoms in total. The highest BCUT2D eigenvalue weighted by Crippen LogP contribution is 2.22. The Labute approximate surface area is 118 Å². The molecular formula is C12H10N6O3. The van der Waals surface area contributed by atoms with Gasteiger partial charge in [-0.15, -0.1) is 15.3 Å². The molecule has 3 aromatic rings. The van der Waals surface area contributed by atoms with Crippen molar-refractivity contribution in [3.8, 4) is 11.3 Å². The highest BCUT2D eigenvalue weighted by Gasteiger charge is 2.21. The number of aryl methyl sites for hydroxylation is 1. The number of carboxylic acids is 1. The molecule has 0 aromatic carbocycles. The van der Waals surface area contributed by atoms with Crippen LogP contribution < -0.4 is 0 Å². The Balaban J connectivity index is 2.07. The molecule has 3 heterocycles. The van der Waals surface area contributed by atoms with E-state index in [0.717, 1.165) is 0 Å². The maximum atomic E-state index is 11.3. The number of nitrogens with zero attached hydrogens (tertiary/aromatic N) is 6. The molecule has 0 aliphatic rings. The molecule has 3 rings (SSSR count). The third-order valence-corrected chi connectivity index (χ3v) is 2.73. The van der Waals surface area contributed by atoms with E-state index in [4.69, 9.17) is 4.42 Å². The van der Waals surface area contributed by atoms with Gasteiger partial charge < -0.3 is 9.52 Å². The van der Waals surface area contributed by atoms with Gasteiger partial charge in [0, 0.05) is 24.9 Å². The second kappa shape index (κ2) is 5.12. The van der Waals surface area contributed by atoms with Gasteiger partial charge in [-0.1, -0.05) is 5.21 Å². The quantitative estimate of drug-likeness (QED) is 0.747. The van der Waals surface area contributed by atoms with Crippen molar-refractivity contribution >= 4 is 5.97 Å². The van der Waals surface area contributed by atoms with E-state index < -0.39 is 5.97 Å². The number of pyridine rings is 1. The molecule has 3 aromatic heterocycles. The van der Waals surface area contributed by atoms with Crippen LogP contribution in [0, 0.1) is 6.92 Å². The molecule has 0 aliphatic heterocycles. The molecule has 9 heteroatoms. The number of hydrogen-bond donors (Lipinski definition) is 1. The largest absolute Gasteiger partial charge is 0.476 e. The molecule has 0 saturated carbocycles. The second-order valence-corrected chi connectivity index (χ2v) is 4.21. The van der Waals surface area contributed by atoms with Gasteiger partial charge in [-0.05, 0) is 12.1 Å². The normalized spacial score (nSPS) is 10.7. The molecule has 106 valence electrons. The zero-order valence-electron chi connectivity index (χ0n) is 11.0. The van der Waals surface area contributed by atoms with Crippen molar-refractivity contribution in [2.75, 3.05) is 0 Å². The summed E-state index contributed by atoms with van der Waals surface area (Å²) in [4.78, 5) is 15.3. The predicted molar refractivity (Wildman–Crippen MR) is 68.3 cm³/mol. The fourth-order valence-electron chi connectivity index (χ4n) is 1.89. The third-order valence-electron chi connectivity index (χ3n) is 2.73. The lowest BCUT2D eigenvalue weighted by atomic mass is 10.1. The Morgan fingerprint density at radius 1 is 1.38 bits per heavy atom. The SMILES string of the molecule is Cc1nnc(Cn2nnc(C(=O)O)c2-c2cccnc2)o1. The van der Waals surface area contributed by atoms with E-state index in [1.165, 1.54) is 4.68 Å². The Hall–Kier alpha value is -3.10. The molecule has 0 fully saturated rings. The first-order valence-electron chi connectivity index (χ1n) is 6.01. The molecule has 1 N–H and O–H groups in total. The van der Waals surface area contributed by atoms with Crippen molar-refractivity contribution in [3.05, 3.63) is 42.0 Å². The number of aromatic carboxylic acids is 1. The molecule has 0 bridgehead atoms. The lowest BCUT2D eigenvalue weighted by Crippen LogP contribution is -2.06. The number of rotatable bonds is 4. The molecule has 0 amide bonds. The van der Waals surface area contributed by atoms with Crippen molar-refractivity contribution < 1.29 is 14.3 Å². The standard InChI is InChI=1S/C12H10N6O3/c1-7-14-15-9(21-7)6-18-11(8-3-2-4-13-5-8)10(12(19)20)16-17-18/h2-5H,6H2,1H3,(H,19,20).